The second-order valence-corrected chi connectivity index (χ2v) is 13.2. The van der Waals surface area contributed by atoms with Crippen LogP contribution in [0.4, 0.5) is 4.39 Å². The molecule has 1 saturated heterocycles. The normalized spacial score (nSPS) is 19.8. The highest BCUT2D eigenvalue weighted by molar-refractivity contribution is 7.12. The number of carbonyl (C=O) groups is 1. The Morgan fingerprint density at radius 1 is 1.21 bits per heavy atom. The molecule has 2 fully saturated rings. The van der Waals surface area contributed by atoms with Crippen molar-refractivity contribution in [3.8, 4) is 11.5 Å². The van der Waals surface area contributed by atoms with Gasteiger partial charge in [0.15, 0.2) is 11.6 Å². The van der Waals surface area contributed by atoms with Crippen LogP contribution in [0.1, 0.15) is 52.3 Å². The van der Waals surface area contributed by atoms with Gasteiger partial charge in [-0.2, -0.15) is 0 Å². The minimum Gasteiger partial charge on any atom is -0.496 e. The van der Waals surface area contributed by atoms with Crippen molar-refractivity contribution < 1.29 is 18.7 Å². The average molecular weight is 625 g/mol. The molecule has 1 saturated carbocycles. The molecule has 228 valence electrons. The number of rotatable bonds is 11. The summed E-state index contributed by atoms with van der Waals surface area (Å²) in [5.41, 5.74) is 4.93. The van der Waals surface area contributed by atoms with E-state index in [9.17, 15) is 9.18 Å². The Morgan fingerprint density at radius 3 is 2.84 bits per heavy atom. The van der Waals surface area contributed by atoms with E-state index in [1.165, 1.54) is 6.07 Å². The molecular weight excluding hydrogens is 587 g/mol. The van der Waals surface area contributed by atoms with Crippen LogP contribution in [0.2, 0.25) is 5.02 Å². The summed E-state index contributed by atoms with van der Waals surface area (Å²) in [6, 6.07) is 9.55. The van der Waals surface area contributed by atoms with Gasteiger partial charge in [0, 0.05) is 49.9 Å². The molecule has 7 nitrogen and oxygen atoms in total. The zero-order chi connectivity index (χ0) is 30.1. The number of fused-ring (bicyclic) bond motifs is 2. The Labute approximate surface area is 261 Å². The molecule has 2 aromatic carbocycles. The van der Waals surface area contributed by atoms with Crippen LogP contribution in [-0.4, -0.2) is 60.7 Å². The van der Waals surface area contributed by atoms with Crippen molar-refractivity contribution >= 4 is 34.4 Å². The minimum absolute atomic E-state index is 0.0458. The Balaban J connectivity index is 1.21. The lowest BCUT2D eigenvalue weighted by atomic mass is 9.86. The number of aryl methyl sites for hydroxylation is 2. The number of nitrogens with one attached hydrogen (secondary N) is 2. The Hall–Kier alpha value is -2.98. The lowest BCUT2D eigenvalue weighted by Gasteiger charge is -2.40. The summed E-state index contributed by atoms with van der Waals surface area (Å²) in [6.07, 6.45) is 6.12. The monoisotopic (exact) mass is 624 g/mol. The topological polar surface area (TPSA) is 75.7 Å². The highest BCUT2D eigenvalue weighted by atomic mass is 35.5. The van der Waals surface area contributed by atoms with Crippen molar-refractivity contribution in [3.63, 3.8) is 0 Å². The third-order valence-corrected chi connectivity index (χ3v) is 10.2. The van der Waals surface area contributed by atoms with Gasteiger partial charge in [-0.05, 0) is 73.9 Å². The maximum absolute atomic E-state index is 14.5. The van der Waals surface area contributed by atoms with Gasteiger partial charge < -0.3 is 25.0 Å². The SMILES string of the molecule is COc1cccc(CN(C(=O)C2=C(c3cnc(CCCOc4c(F)ccc(C)c4Cl)s3)CC3CNC[C@H]2N3)C2CC2)c1C. The van der Waals surface area contributed by atoms with E-state index in [1.807, 2.05) is 25.3 Å². The molecule has 43 heavy (non-hydrogen) atoms. The standard InChI is InChI=1S/C33H38ClFN4O3S/c1-19-9-12-25(35)32(31(19)34)42-13-5-8-29-37-17-28(43-29)24-14-22-15-36-16-26(38-22)30(24)33(40)39(23-10-11-23)18-21-6-4-7-27(41-3)20(21)2/h4,6-7,9,12,17,22-23,26,36,38H,5,8,10-11,13-16,18H2,1-3H3/t22?,26-/m1/s1. The third-order valence-electron chi connectivity index (χ3n) is 8.61. The number of benzene rings is 2. The van der Waals surface area contributed by atoms with E-state index in [2.05, 4.69) is 28.5 Å². The summed E-state index contributed by atoms with van der Waals surface area (Å²) in [5, 5.41) is 8.51. The molecule has 10 heteroatoms. The Bertz CT molecular complexity index is 1540. The van der Waals surface area contributed by atoms with Gasteiger partial charge in [0.05, 0.1) is 34.7 Å². The quantitative estimate of drug-likeness (QED) is 0.261. The van der Waals surface area contributed by atoms with Crippen LogP contribution in [0.15, 0.2) is 42.1 Å². The first kappa shape index (κ1) is 30.1. The highest BCUT2D eigenvalue weighted by Crippen LogP contribution is 2.39. The van der Waals surface area contributed by atoms with Crippen molar-refractivity contribution in [1.82, 2.24) is 20.5 Å². The van der Waals surface area contributed by atoms with E-state index in [0.717, 1.165) is 75.8 Å². The largest absolute Gasteiger partial charge is 0.496 e. The van der Waals surface area contributed by atoms with E-state index >= 15 is 0 Å². The summed E-state index contributed by atoms with van der Waals surface area (Å²) in [4.78, 5) is 22.3. The fraction of sp³-hybridized carbons (Fsp3) is 0.455. The smallest absolute Gasteiger partial charge is 0.252 e. The van der Waals surface area contributed by atoms with Gasteiger partial charge in [-0.3, -0.25) is 4.79 Å². The molecular formula is C33H38ClFN4O3S. The van der Waals surface area contributed by atoms with Gasteiger partial charge >= 0.3 is 0 Å². The molecule has 0 radical (unpaired) electrons. The zero-order valence-electron chi connectivity index (χ0n) is 24.8. The molecule has 3 aliphatic rings. The molecule has 2 bridgehead atoms. The molecule has 2 aliphatic heterocycles. The number of halogens is 2. The highest BCUT2D eigenvalue weighted by Gasteiger charge is 2.41. The second-order valence-electron chi connectivity index (χ2n) is 11.7. The summed E-state index contributed by atoms with van der Waals surface area (Å²) in [5.74, 6) is 0.603. The van der Waals surface area contributed by atoms with Crippen molar-refractivity contribution in [2.24, 2.45) is 0 Å². The molecule has 2 atom stereocenters. The Morgan fingerprint density at radius 2 is 2.05 bits per heavy atom. The first-order valence-corrected chi connectivity index (χ1v) is 16.2. The number of methoxy groups -OCH3 is 1. The first-order chi connectivity index (χ1) is 20.8. The van der Waals surface area contributed by atoms with E-state index in [4.69, 9.17) is 26.1 Å². The van der Waals surface area contributed by atoms with Crippen LogP contribution in [-0.2, 0) is 17.8 Å². The number of hydrogen-bond acceptors (Lipinski definition) is 7. The molecule has 1 unspecified atom stereocenters. The summed E-state index contributed by atoms with van der Waals surface area (Å²) < 4.78 is 25.5. The number of nitrogens with zero attached hydrogens (tertiary/aromatic N) is 2. The van der Waals surface area contributed by atoms with Gasteiger partial charge in [0.2, 0.25) is 0 Å². The predicted molar refractivity (Wildman–Crippen MR) is 168 cm³/mol. The van der Waals surface area contributed by atoms with Crippen molar-refractivity contribution in [2.75, 3.05) is 26.8 Å². The van der Waals surface area contributed by atoms with E-state index in [1.54, 1.807) is 24.5 Å². The van der Waals surface area contributed by atoms with E-state index in [0.29, 0.717) is 31.0 Å². The van der Waals surface area contributed by atoms with E-state index < -0.39 is 5.82 Å². The van der Waals surface area contributed by atoms with Crippen LogP contribution in [0, 0.1) is 19.7 Å². The van der Waals surface area contributed by atoms with Gasteiger partial charge in [0.25, 0.3) is 5.91 Å². The minimum atomic E-state index is -0.455. The van der Waals surface area contributed by atoms with Crippen molar-refractivity contribution in [2.45, 2.75) is 70.6 Å². The number of carbonyl (C=O) groups excluding carboxylic acids is 1. The van der Waals surface area contributed by atoms with Gasteiger partial charge in [-0.15, -0.1) is 11.3 Å². The Kier molecular flexibility index (Phi) is 9.05. The molecule has 3 heterocycles. The number of hydrogen-bond donors (Lipinski definition) is 2. The number of thiazole rings is 1. The van der Waals surface area contributed by atoms with E-state index in [-0.39, 0.29) is 29.8 Å². The zero-order valence-corrected chi connectivity index (χ0v) is 26.4. The maximum atomic E-state index is 14.5. The fourth-order valence-corrected chi connectivity index (χ4v) is 7.30. The van der Waals surface area contributed by atoms with Gasteiger partial charge in [-0.1, -0.05) is 29.8 Å². The maximum Gasteiger partial charge on any atom is 0.252 e. The van der Waals surface area contributed by atoms with Crippen molar-refractivity contribution in [3.05, 3.63) is 79.5 Å². The second kappa shape index (κ2) is 12.9. The predicted octanol–water partition coefficient (Wildman–Crippen LogP) is 5.85. The van der Waals surface area contributed by atoms with Crippen LogP contribution in [0.3, 0.4) is 0 Å². The summed E-state index contributed by atoms with van der Waals surface area (Å²) >= 11 is 7.89. The number of piperazine rings is 1. The molecule has 3 aromatic rings. The molecule has 1 amide bonds. The number of ether oxygens (including phenoxy) is 2. The fourth-order valence-electron chi connectivity index (χ4n) is 6.07. The third kappa shape index (κ3) is 6.45. The van der Waals surface area contributed by atoms with Crippen molar-refractivity contribution in [1.29, 1.82) is 0 Å². The molecule has 2 N–H and O–H groups in total. The molecule has 1 aromatic heterocycles. The van der Waals surface area contributed by atoms with Gasteiger partial charge in [0.1, 0.15) is 5.75 Å². The van der Waals surface area contributed by atoms with Crippen LogP contribution in [0.25, 0.3) is 5.57 Å². The van der Waals surface area contributed by atoms with Crippen LogP contribution < -0.4 is 20.1 Å². The lowest BCUT2D eigenvalue weighted by Crippen LogP contribution is -2.59. The van der Waals surface area contributed by atoms with Gasteiger partial charge in [-0.25, -0.2) is 9.37 Å². The summed E-state index contributed by atoms with van der Waals surface area (Å²) in [7, 11) is 1.68. The first-order valence-electron chi connectivity index (χ1n) is 15.0. The van der Waals surface area contributed by atoms with Crippen LogP contribution >= 0.6 is 22.9 Å². The molecule has 6 rings (SSSR count). The summed E-state index contributed by atoms with van der Waals surface area (Å²) in [6.45, 7) is 6.38. The number of aromatic nitrogens is 1. The molecule has 1 aliphatic carbocycles. The molecule has 0 spiro atoms. The van der Waals surface area contributed by atoms with Crippen LogP contribution in [0.5, 0.6) is 11.5 Å². The number of amides is 1. The lowest BCUT2D eigenvalue weighted by molar-refractivity contribution is -0.128. The average Bonchev–Trinajstić information content (AvgIpc) is 3.74.